The highest BCUT2D eigenvalue weighted by molar-refractivity contribution is 6.04. The van der Waals surface area contributed by atoms with Gasteiger partial charge in [-0.1, -0.05) is 17.7 Å². The van der Waals surface area contributed by atoms with Crippen molar-refractivity contribution < 1.29 is 9.18 Å². The van der Waals surface area contributed by atoms with Crippen LogP contribution in [0.25, 0.3) is 21.9 Å². The van der Waals surface area contributed by atoms with Crippen molar-refractivity contribution >= 4 is 33.5 Å². The maximum absolute atomic E-state index is 13.6. The molecule has 170 valence electrons. The third-order valence-corrected chi connectivity index (χ3v) is 6.43. The maximum atomic E-state index is 13.6. The van der Waals surface area contributed by atoms with E-state index in [1.54, 1.807) is 6.07 Å². The van der Waals surface area contributed by atoms with E-state index in [-0.39, 0.29) is 30.2 Å². The molecular formula is C25H26FN5O2. The number of hydrogen-bond acceptors (Lipinski definition) is 4. The fourth-order valence-electron chi connectivity index (χ4n) is 4.65. The number of hydrogen-bond donors (Lipinski definition) is 1. The Bertz CT molecular complexity index is 1420. The molecule has 0 aliphatic carbocycles. The monoisotopic (exact) mass is 447 g/mol. The average Bonchev–Trinajstić information content (AvgIpc) is 3.17. The van der Waals surface area contributed by atoms with Crippen LogP contribution < -0.4 is 10.5 Å². The lowest BCUT2D eigenvalue weighted by Crippen LogP contribution is -2.49. The van der Waals surface area contributed by atoms with E-state index in [1.807, 2.05) is 4.90 Å². The number of H-pyrrole nitrogens is 1. The molecule has 1 amide bonds. The first kappa shape index (κ1) is 21.2. The molecule has 0 saturated carbocycles. The quantitative estimate of drug-likeness (QED) is 0.521. The van der Waals surface area contributed by atoms with Crippen LogP contribution in [0.15, 0.2) is 47.5 Å². The zero-order valence-electron chi connectivity index (χ0n) is 18.8. The normalized spacial score (nSPS) is 14.4. The van der Waals surface area contributed by atoms with Crippen molar-refractivity contribution in [2.45, 2.75) is 26.8 Å². The number of nitrogens with one attached hydrogen (secondary N) is 1. The minimum atomic E-state index is -0.377. The van der Waals surface area contributed by atoms with Gasteiger partial charge in [-0.15, -0.1) is 0 Å². The van der Waals surface area contributed by atoms with E-state index >= 15 is 0 Å². The number of anilines is 1. The summed E-state index contributed by atoms with van der Waals surface area (Å²) in [4.78, 5) is 37.3. The van der Waals surface area contributed by atoms with Gasteiger partial charge in [0.15, 0.2) is 0 Å². The highest BCUT2D eigenvalue weighted by Gasteiger charge is 2.22. The molecular weight excluding hydrogens is 421 g/mol. The van der Waals surface area contributed by atoms with Crippen molar-refractivity contribution in [2.24, 2.45) is 0 Å². The topological polar surface area (TPSA) is 74.2 Å². The number of aryl methyl sites for hydroxylation is 3. The molecule has 5 rings (SSSR count). The SMILES string of the molecule is Cc1ccc(N2CCN(C(=O)CCn3cnc4c([nH]c5ccc(F)cc54)c3=O)CC2)c(C)c1. The maximum Gasteiger partial charge on any atom is 0.277 e. The number of halogens is 1. The lowest BCUT2D eigenvalue weighted by atomic mass is 10.1. The zero-order chi connectivity index (χ0) is 23.1. The van der Waals surface area contributed by atoms with Crippen LogP contribution in [0.3, 0.4) is 0 Å². The predicted octanol–water partition coefficient (Wildman–Crippen LogP) is 3.37. The molecule has 1 N–H and O–H groups in total. The van der Waals surface area contributed by atoms with Gasteiger partial charge in [-0.25, -0.2) is 9.37 Å². The summed E-state index contributed by atoms with van der Waals surface area (Å²) in [6.07, 6.45) is 1.67. The number of carbonyl (C=O) groups excluding carboxylic acids is 1. The molecule has 2 aromatic carbocycles. The van der Waals surface area contributed by atoms with Crippen LogP contribution in [0.1, 0.15) is 17.5 Å². The van der Waals surface area contributed by atoms with Gasteiger partial charge in [0.2, 0.25) is 5.91 Å². The van der Waals surface area contributed by atoms with Gasteiger partial charge in [0, 0.05) is 55.7 Å². The smallest absolute Gasteiger partial charge is 0.277 e. The van der Waals surface area contributed by atoms with Crippen LogP contribution in [-0.2, 0) is 11.3 Å². The summed E-state index contributed by atoms with van der Waals surface area (Å²) >= 11 is 0. The molecule has 1 aliphatic rings. The Hall–Kier alpha value is -3.68. The molecule has 1 saturated heterocycles. The Balaban J connectivity index is 1.24. The lowest BCUT2D eigenvalue weighted by molar-refractivity contribution is -0.131. The molecule has 0 atom stereocenters. The van der Waals surface area contributed by atoms with Crippen molar-refractivity contribution in [1.82, 2.24) is 19.4 Å². The Morgan fingerprint density at radius 2 is 1.88 bits per heavy atom. The second-order valence-corrected chi connectivity index (χ2v) is 8.69. The second kappa shape index (κ2) is 8.35. The first-order valence-corrected chi connectivity index (χ1v) is 11.2. The Morgan fingerprint density at radius 3 is 2.64 bits per heavy atom. The summed E-state index contributed by atoms with van der Waals surface area (Å²) in [6.45, 7) is 7.35. The summed E-state index contributed by atoms with van der Waals surface area (Å²) in [5.74, 6) is -0.349. The molecule has 8 heteroatoms. The van der Waals surface area contributed by atoms with Gasteiger partial charge in [0.25, 0.3) is 5.56 Å². The average molecular weight is 448 g/mol. The van der Waals surface area contributed by atoms with Gasteiger partial charge in [0.1, 0.15) is 16.9 Å². The van der Waals surface area contributed by atoms with E-state index in [0.717, 1.165) is 13.1 Å². The van der Waals surface area contributed by atoms with Crippen molar-refractivity contribution in [1.29, 1.82) is 0 Å². The van der Waals surface area contributed by atoms with Crippen LogP contribution in [0.4, 0.5) is 10.1 Å². The van der Waals surface area contributed by atoms with Crippen molar-refractivity contribution in [2.75, 3.05) is 31.1 Å². The molecule has 0 unspecified atom stereocenters. The van der Waals surface area contributed by atoms with E-state index in [0.29, 0.717) is 35.0 Å². The van der Waals surface area contributed by atoms with Crippen molar-refractivity contribution in [3.8, 4) is 0 Å². The number of benzene rings is 2. The van der Waals surface area contributed by atoms with Crippen LogP contribution in [-0.4, -0.2) is 51.5 Å². The number of fused-ring (bicyclic) bond motifs is 3. The Kier molecular flexibility index (Phi) is 5.36. The molecule has 0 bridgehead atoms. The third-order valence-electron chi connectivity index (χ3n) is 6.43. The van der Waals surface area contributed by atoms with Crippen LogP contribution in [0.2, 0.25) is 0 Å². The van der Waals surface area contributed by atoms with E-state index in [9.17, 15) is 14.0 Å². The van der Waals surface area contributed by atoms with Gasteiger partial charge in [-0.05, 0) is 43.7 Å². The Labute approximate surface area is 190 Å². The van der Waals surface area contributed by atoms with Crippen LogP contribution in [0, 0.1) is 19.7 Å². The molecule has 1 aliphatic heterocycles. The van der Waals surface area contributed by atoms with Gasteiger partial charge < -0.3 is 14.8 Å². The number of nitrogens with zero attached hydrogens (tertiary/aromatic N) is 4. The number of piperazine rings is 1. The largest absolute Gasteiger partial charge is 0.368 e. The van der Waals surface area contributed by atoms with Gasteiger partial charge in [-0.2, -0.15) is 0 Å². The van der Waals surface area contributed by atoms with E-state index in [1.165, 1.54) is 39.8 Å². The first-order chi connectivity index (χ1) is 15.9. The number of rotatable bonds is 4. The zero-order valence-corrected chi connectivity index (χ0v) is 18.8. The minimum absolute atomic E-state index is 0.0287. The third kappa shape index (κ3) is 3.97. The van der Waals surface area contributed by atoms with Gasteiger partial charge in [-0.3, -0.25) is 14.2 Å². The molecule has 33 heavy (non-hydrogen) atoms. The molecule has 4 aromatic rings. The summed E-state index contributed by atoms with van der Waals surface area (Å²) in [5, 5.41) is 0.576. The minimum Gasteiger partial charge on any atom is -0.368 e. The molecule has 2 aromatic heterocycles. The summed E-state index contributed by atoms with van der Waals surface area (Å²) in [7, 11) is 0. The fourth-order valence-corrected chi connectivity index (χ4v) is 4.65. The van der Waals surface area contributed by atoms with Gasteiger partial charge >= 0.3 is 0 Å². The standard InChI is InChI=1S/C25H26FN5O2/c1-16-3-6-21(17(2)13-16)29-9-11-30(12-10-29)22(32)7-8-31-15-27-23-19-14-18(26)4-5-20(19)28-24(23)25(31)33/h3-6,13-15,28H,7-12H2,1-2H3. The van der Waals surface area contributed by atoms with Crippen LogP contribution >= 0.6 is 0 Å². The number of carbonyl (C=O) groups is 1. The van der Waals surface area contributed by atoms with E-state index in [4.69, 9.17) is 0 Å². The molecule has 7 nitrogen and oxygen atoms in total. The molecule has 0 radical (unpaired) electrons. The van der Waals surface area contributed by atoms with E-state index < -0.39 is 0 Å². The van der Waals surface area contributed by atoms with Crippen molar-refractivity contribution in [3.63, 3.8) is 0 Å². The molecule has 3 heterocycles. The number of aromatic amines is 1. The summed E-state index contributed by atoms with van der Waals surface area (Å²) in [5.41, 5.74) is 4.88. The van der Waals surface area contributed by atoms with Crippen molar-refractivity contribution in [3.05, 3.63) is 70.0 Å². The second-order valence-electron chi connectivity index (χ2n) is 8.69. The highest BCUT2D eigenvalue weighted by atomic mass is 19.1. The summed E-state index contributed by atoms with van der Waals surface area (Å²) < 4.78 is 15.0. The molecule has 1 fully saturated rings. The first-order valence-electron chi connectivity index (χ1n) is 11.2. The summed E-state index contributed by atoms with van der Waals surface area (Å²) in [6, 6.07) is 10.7. The highest BCUT2D eigenvalue weighted by Crippen LogP contribution is 2.23. The fraction of sp³-hybridized carbons (Fsp3) is 0.320. The lowest BCUT2D eigenvalue weighted by Gasteiger charge is -2.37. The van der Waals surface area contributed by atoms with Gasteiger partial charge in [0.05, 0.1) is 6.33 Å². The Morgan fingerprint density at radius 1 is 1.09 bits per heavy atom. The van der Waals surface area contributed by atoms with Crippen LogP contribution in [0.5, 0.6) is 0 Å². The number of amides is 1. The molecule has 0 spiro atoms. The number of aromatic nitrogens is 3. The predicted molar refractivity (Wildman–Crippen MR) is 127 cm³/mol. The van der Waals surface area contributed by atoms with E-state index in [2.05, 4.69) is 46.9 Å².